The third-order valence-electron chi connectivity index (χ3n) is 2.89. The van der Waals surface area contributed by atoms with Crippen LogP contribution < -0.4 is 10.6 Å². The van der Waals surface area contributed by atoms with E-state index in [1.165, 1.54) is 0 Å². The third kappa shape index (κ3) is 8.20. The second-order valence-corrected chi connectivity index (χ2v) is 5.16. The smallest absolute Gasteiger partial charge is 0.226 e. The predicted octanol–water partition coefficient (Wildman–Crippen LogP) is 1.52. The van der Waals surface area contributed by atoms with Crippen molar-refractivity contribution in [1.82, 2.24) is 20.8 Å². The first-order valence-corrected chi connectivity index (χ1v) is 6.75. The van der Waals surface area contributed by atoms with E-state index < -0.39 is 0 Å². The number of nitrogens with one attached hydrogen (secondary N) is 2. The Labute approximate surface area is 143 Å². The number of hydrogen-bond donors (Lipinski definition) is 2. The molecule has 0 radical (unpaired) electrons. The van der Waals surface area contributed by atoms with Crippen LogP contribution in [0.1, 0.15) is 32.0 Å². The van der Waals surface area contributed by atoms with Crippen LogP contribution in [0.4, 0.5) is 0 Å². The largest absolute Gasteiger partial charge is 0.377 e. The van der Waals surface area contributed by atoms with Crippen LogP contribution in [0.5, 0.6) is 0 Å². The van der Waals surface area contributed by atoms with E-state index >= 15 is 0 Å². The van der Waals surface area contributed by atoms with E-state index in [0.717, 1.165) is 25.3 Å². The zero-order valence-electron chi connectivity index (χ0n) is 13.4. The highest BCUT2D eigenvalue weighted by Gasteiger charge is 2.16. The van der Waals surface area contributed by atoms with E-state index in [1.54, 1.807) is 14.2 Å². The standard InChI is InChI=1S/C13H25N5O2.HI/c1-10-17-11(20-18-10)7-6-8-15-12(14-4)16-9-13(2,3)19-5;/h6-9H2,1-5H3,(H2,14,15,16);1H. The molecule has 7 nitrogen and oxygen atoms in total. The van der Waals surface area contributed by atoms with Gasteiger partial charge in [0.1, 0.15) is 0 Å². The summed E-state index contributed by atoms with van der Waals surface area (Å²) in [5.74, 6) is 2.11. The molecule has 0 saturated heterocycles. The third-order valence-corrected chi connectivity index (χ3v) is 2.89. The second kappa shape index (κ2) is 9.93. The lowest BCUT2D eigenvalue weighted by Crippen LogP contribution is -2.45. The van der Waals surface area contributed by atoms with Gasteiger partial charge in [-0.15, -0.1) is 24.0 Å². The Kier molecular flexibility index (Phi) is 9.51. The van der Waals surface area contributed by atoms with Gasteiger partial charge in [0.05, 0.1) is 5.60 Å². The van der Waals surface area contributed by atoms with Gasteiger partial charge in [0.15, 0.2) is 11.8 Å². The number of rotatable bonds is 7. The summed E-state index contributed by atoms with van der Waals surface area (Å²) < 4.78 is 10.4. The highest BCUT2D eigenvalue weighted by molar-refractivity contribution is 14.0. The predicted molar refractivity (Wildman–Crippen MR) is 93.2 cm³/mol. The van der Waals surface area contributed by atoms with Gasteiger partial charge < -0.3 is 19.9 Å². The quantitative estimate of drug-likeness (QED) is 0.306. The molecule has 2 N–H and O–H groups in total. The SMILES string of the molecule is CN=C(NCCCc1nc(C)no1)NCC(C)(C)OC.I. The van der Waals surface area contributed by atoms with Gasteiger partial charge in [-0.3, -0.25) is 4.99 Å². The first-order valence-electron chi connectivity index (χ1n) is 6.75. The van der Waals surface area contributed by atoms with Crippen LogP contribution in [-0.2, 0) is 11.2 Å². The maximum Gasteiger partial charge on any atom is 0.226 e. The van der Waals surface area contributed by atoms with Crippen molar-refractivity contribution in [3.8, 4) is 0 Å². The minimum atomic E-state index is -0.223. The van der Waals surface area contributed by atoms with E-state index in [4.69, 9.17) is 9.26 Å². The molecule has 8 heteroatoms. The molecule has 0 fully saturated rings. The number of aryl methyl sites for hydroxylation is 2. The van der Waals surface area contributed by atoms with Crippen molar-refractivity contribution >= 4 is 29.9 Å². The fraction of sp³-hybridized carbons (Fsp3) is 0.769. The van der Waals surface area contributed by atoms with Gasteiger partial charge in [-0.1, -0.05) is 5.16 Å². The highest BCUT2D eigenvalue weighted by atomic mass is 127. The Morgan fingerprint density at radius 3 is 2.62 bits per heavy atom. The molecule has 0 aromatic carbocycles. The molecule has 0 aliphatic carbocycles. The van der Waals surface area contributed by atoms with Gasteiger partial charge in [0.2, 0.25) is 5.89 Å². The van der Waals surface area contributed by atoms with E-state index in [0.29, 0.717) is 18.3 Å². The first-order chi connectivity index (χ1) is 9.46. The van der Waals surface area contributed by atoms with Gasteiger partial charge in [-0.05, 0) is 27.2 Å². The molecule has 0 bridgehead atoms. The normalized spacial score (nSPS) is 12.0. The maximum absolute atomic E-state index is 5.35. The summed E-state index contributed by atoms with van der Waals surface area (Å²) in [7, 11) is 3.45. The summed E-state index contributed by atoms with van der Waals surface area (Å²) in [6.45, 7) is 7.32. The molecular formula is C13H26IN5O2. The van der Waals surface area contributed by atoms with Gasteiger partial charge in [0, 0.05) is 33.7 Å². The summed E-state index contributed by atoms with van der Waals surface area (Å²) in [6.07, 6.45) is 1.66. The summed E-state index contributed by atoms with van der Waals surface area (Å²) in [5, 5.41) is 10.2. The van der Waals surface area contributed by atoms with Crippen molar-refractivity contribution < 1.29 is 9.26 Å². The second-order valence-electron chi connectivity index (χ2n) is 5.16. The van der Waals surface area contributed by atoms with Crippen LogP contribution in [0, 0.1) is 6.92 Å². The van der Waals surface area contributed by atoms with Crippen LogP contribution >= 0.6 is 24.0 Å². The van der Waals surface area contributed by atoms with Crippen LogP contribution in [0.25, 0.3) is 0 Å². The Morgan fingerprint density at radius 2 is 2.10 bits per heavy atom. The van der Waals surface area contributed by atoms with Crippen molar-refractivity contribution in [2.45, 2.75) is 39.2 Å². The molecule has 0 amide bonds. The van der Waals surface area contributed by atoms with Crippen LogP contribution in [0.3, 0.4) is 0 Å². The van der Waals surface area contributed by atoms with E-state index in [2.05, 4.69) is 25.8 Å². The minimum absolute atomic E-state index is 0. The van der Waals surface area contributed by atoms with E-state index in [-0.39, 0.29) is 29.6 Å². The first kappa shape index (κ1) is 20.1. The zero-order chi connectivity index (χ0) is 15.0. The number of nitrogens with zero attached hydrogens (tertiary/aromatic N) is 3. The molecule has 0 spiro atoms. The molecule has 0 aliphatic heterocycles. The summed E-state index contributed by atoms with van der Waals surface area (Å²) in [5.41, 5.74) is -0.223. The fourth-order valence-corrected chi connectivity index (χ4v) is 1.48. The van der Waals surface area contributed by atoms with E-state index in [9.17, 15) is 0 Å². The van der Waals surface area contributed by atoms with Crippen molar-refractivity contribution in [3.05, 3.63) is 11.7 Å². The minimum Gasteiger partial charge on any atom is -0.377 e. The fourth-order valence-electron chi connectivity index (χ4n) is 1.48. The molecule has 1 aromatic heterocycles. The average molecular weight is 411 g/mol. The molecule has 0 saturated carbocycles. The average Bonchev–Trinajstić information content (AvgIpc) is 2.83. The van der Waals surface area contributed by atoms with Crippen LogP contribution in [0.15, 0.2) is 9.52 Å². The summed E-state index contributed by atoms with van der Waals surface area (Å²) in [4.78, 5) is 8.32. The zero-order valence-corrected chi connectivity index (χ0v) is 15.7. The maximum atomic E-state index is 5.35. The number of ether oxygens (including phenoxy) is 1. The Morgan fingerprint density at radius 1 is 1.38 bits per heavy atom. The number of aromatic nitrogens is 2. The Hall–Kier alpha value is -0.900. The van der Waals surface area contributed by atoms with Gasteiger partial charge in [-0.2, -0.15) is 4.98 Å². The molecule has 122 valence electrons. The Bertz CT molecular complexity index is 434. The van der Waals surface area contributed by atoms with Gasteiger partial charge in [0.25, 0.3) is 0 Å². The summed E-state index contributed by atoms with van der Waals surface area (Å²) >= 11 is 0. The topological polar surface area (TPSA) is 84.6 Å². The highest BCUT2D eigenvalue weighted by Crippen LogP contribution is 2.04. The molecule has 0 aliphatic rings. The Balaban J connectivity index is 0.00000400. The number of guanidine groups is 1. The number of aliphatic imine (C=N–C) groups is 1. The van der Waals surface area contributed by atoms with Crippen LogP contribution in [0.2, 0.25) is 0 Å². The monoisotopic (exact) mass is 411 g/mol. The molecule has 0 unspecified atom stereocenters. The lowest BCUT2D eigenvalue weighted by Gasteiger charge is -2.24. The van der Waals surface area contributed by atoms with Crippen LogP contribution in [-0.4, -0.2) is 48.9 Å². The van der Waals surface area contributed by atoms with Crippen molar-refractivity contribution in [2.24, 2.45) is 4.99 Å². The number of halogens is 1. The summed E-state index contributed by atoms with van der Waals surface area (Å²) in [6, 6.07) is 0. The number of methoxy groups -OCH3 is 1. The number of hydrogen-bond acceptors (Lipinski definition) is 5. The van der Waals surface area contributed by atoms with Crippen molar-refractivity contribution in [2.75, 3.05) is 27.2 Å². The van der Waals surface area contributed by atoms with E-state index in [1.807, 2.05) is 20.8 Å². The molecule has 0 atom stereocenters. The van der Waals surface area contributed by atoms with Crippen molar-refractivity contribution in [3.63, 3.8) is 0 Å². The lowest BCUT2D eigenvalue weighted by molar-refractivity contribution is 0.0268. The molecule has 1 rings (SSSR count). The lowest BCUT2D eigenvalue weighted by atomic mass is 10.1. The molecule has 1 heterocycles. The molecule has 1 aromatic rings. The van der Waals surface area contributed by atoms with Crippen molar-refractivity contribution in [1.29, 1.82) is 0 Å². The van der Waals surface area contributed by atoms with Gasteiger partial charge >= 0.3 is 0 Å². The molecule has 21 heavy (non-hydrogen) atoms. The van der Waals surface area contributed by atoms with Gasteiger partial charge in [-0.25, -0.2) is 0 Å². The molecular weight excluding hydrogens is 385 g/mol.